The normalized spacial score (nSPS) is 21.0. The minimum absolute atomic E-state index is 0.0594. The predicted molar refractivity (Wildman–Crippen MR) is 205 cm³/mol. The Labute approximate surface area is 318 Å². The van der Waals surface area contributed by atoms with Crippen LogP contribution in [0, 0.1) is 28.9 Å². The lowest BCUT2D eigenvalue weighted by Crippen LogP contribution is -2.44. The van der Waals surface area contributed by atoms with Gasteiger partial charge in [-0.2, -0.15) is 5.26 Å². The molecule has 10 nitrogen and oxygen atoms in total. The smallest absolute Gasteiger partial charge is 0.410 e. The first-order chi connectivity index (χ1) is 26.3. The molecule has 2 bridgehead atoms. The number of carboxylic acids is 1. The van der Waals surface area contributed by atoms with Gasteiger partial charge in [-0.1, -0.05) is 24.3 Å². The van der Waals surface area contributed by atoms with Crippen LogP contribution in [0.25, 0.3) is 43.7 Å². The highest BCUT2D eigenvalue weighted by Crippen LogP contribution is 2.53. The van der Waals surface area contributed by atoms with Crippen LogP contribution in [0.15, 0.2) is 48.5 Å². The number of hydrogen-bond acceptors (Lipinski definition) is 7. The van der Waals surface area contributed by atoms with Gasteiger partial charge in [0.05, 0.1) is 35.5 Å². The number of nitriles is 1. The van der Waals surface area contributed by atoms with E-state index in [9.17, 15) is 24.3 Å². The van der Waals surface area contributed by atoms with Crippen LogP contribution in [-0.4, -0.2) is 80.9 Å². The van der Waals surface area contributed by atoms with Crippen molar-refractivity contribution in [2.75, 3.05) is 26.7 Å². The van der Waals surface area contributed by atoms with Crippen LogP contribution in [0.1, 0.15) is 70.2 Å². The van der Waals surface area contributed by atoms with E-state index >= 15 is 4.39 Å². The van der Waals surface area contributed by atoms with Crippen LogP contribution in [0.4, 0.5) is 13.6 Å². The third-order valence-electron chi connectivity index (χ3n) is 11.6. The number of carboxylic acid groups (broad SMARTS) is 1. The van der Waals surface area contributed by atoms with Gasteiger partial charge < -0.3 is 28.9 Å². The number of aliphatic carboxylic acids is 1. The Kier molecular flexibility index (Phi) is 9.40. The zero-order valence-corrected chi connectivity index (χ0v) is 31.6. The Morgan fingerprint density at radius 1 is 1.07 bits per heavy atom. The minimum atomic E-state index is -0.950. The third kappa shape index (κ3) is 6.62. The number of likely N-dealkylation sites (N-methyl/N-ethyl adjacent to an activating group) is 1. The number of carbonyl (C=O) groups is 2. The van der Waals surface area contributed by atoms with Gasteiger partial charge in [0, 0.05) is 41.6 Å². The lowest BCUT2D eigenvalue weighted by atomic mass is 9.79. The number of fused-ring (bicyclic) bond motifs is 5. The summed E-state index contributed by atoms with van der Waals surface area (Å²) in [7, 11) is 2.05. The third-order valence-corrected chi connectivity index (χ3v) is 11.6. The average molecular weight is 750 g/mol. The largest absolute Gasteiger partial charge is 0.481 e. The van der Waals surface area contributed by atoms with Gasteiger partial charge in [0.2, 0.25) is 5.88 Å². The van der Waals surface area contributed by atoms with E-state index in [1.165, 1.54) is 12.1 Å². The summed E-state index contributed by atoms with van der Waals surface area (Å²) in [6.45, 7) is 7.25. The van der Waals surface area contributed by atoms with Crippen LogP contribution in [0.2, 0.25) is 0 Å². The van der Waals surface area contributed by atoms with E-state index in [0.29, 0.717) is 46.0 Å². The van der Waals surface area contributed by atoms with Gasteiger partial charge in [-0.3, -0.25) is 4.79 Å². The molecule has 286 valence electrons. The second-order valence-corrected chi connectivity index (χ2v) is 16.3. The van der Waals surface area contributed by atoms with Crippen molar-refractivity contribution in [3.63, 3.8) is 0 Å². The van der Waals surface area contributed by atoms with Crippen LogP contribution < -0.4 is 4.74 Å². The van der Waals surface area contributed by atoms with Crippen molar-refractivity contribution in [3.8, 4) is 23.1 Å². The van der Waals surface area contributed by atoms with Gasteiger partial charge in [0.25, 0.3) is 0 Å². The van der Waals surface area contributed by atoms with Gasteiger partial charge in [0.1, 0.15) is 23.5 Å². The van der Waals surface area contributed by atoms with Gasteiger partial charge in [-0.15, -0.1) is 0 Å². The molecule has 9 rings (SSSR count). The van der Waals surface area contributed by atoms with Gasteiger partial charge in [0.15, 0.2) is 5.82 Å². The van der Waals surface area contributed by atoms with Gasteiger partial charge in [-0.25, -0.2) is 18.6 Å². The molecule has 2 aromatic heterocycles. The van der Waals surface area contributed by atoms with E-state index in [0.717, 1.165) is 36.9 Å². The first-order valence-electron chi connectivity index (χ1n) is 19.1. The van der Waals surface area contributed by atoms with E-state index in [1.807, 2.05) is 39.0 Å². The van der Waals surface area contributed by atoms with Crippen molar-refractivity contribution in [2.45, 2.75) is 89.4 Å². The summed E-state index contributed by atoms with van der Waals surface area (Å²) in [5, 5.41) is 21.9. The zero-order chi connectivity index (χ0) is 38.8. The number of nitrogens with zero attached hydrogens (tertiary/aromatic N) is 5. The fraction of sp³-hybridized carbons (Fsp3) is 0.442. The number of pyridine rings is 1. The molecule has 0 radical (unpaired) electrons. The molecule has 1 saturated carbocycles. The number of aromatic nitrogens is 2. The van der Waals surface area contributed by atoms with E-state index in [4.69, 9.17) is 14.5 Å². The molecule has 4 aliphatic rings. The Morgan fingerprint density at radius 2 is 1.89 bits per heavy atom. The maximum atomic E-state index is 17.7. The molecule has 3 aliphatic heterocycles. The number of benzene rings is 3. The van der Waals surface area contributed by atoms with Crippen LogP contribution in [0.3, 0.4) is 0 Å². The quantitative estimate of drug-likeness (QED) is 0.151. The predicted octanol–water partition coefficient (Wildman–Crippen LogP) is 8.41. The molecule has 4 atom stereocenters. The molecule has 1 aliphatic carbocycles. The molecule has 1 N–H and O–H groups in total. The van der Waals surface area contributed by atoms with E-state index < -0.39 is 29.3 Å². The summed E-state index contributed by atoms with van der Waals surface area (Å²) < 4.78 is 46.9. The van der Waals surface area contributed by atoms with Crippen LogP contribution in [-0.2, 0) is 22.4 Å². The molecule has 5 heterocycles. The number of halogens is 2. The molecule has 55 heavy (non-hydrogen) atoms. The van der Waals surface area contributed by atoms with Crippen molar-refractivity contribution in [1.29, 1.82) is 5.26 Å². The SMILES string of the molecule is CN1CCCC1COc1nc2c(F)c(-c3cccc4ccc(F)cc34)c(CCC#N)cc2c2c1cc(CCC(=O)O)n2C1C2CC1N(C(=O)OC(C)(C)C)C2. The second kappa shape index (κ2) is 14.1. The zero-order valence-electron chi connectivity index (χ0n) is 31.6. The Bertz CT molecular complexity index is 2400. The van der Waals surface area contributed by atoms with Crippen molar-refractivity contribution in [1.82, 2.24) is 19.4 Å². The van der Waals surface area contributed by atoms with Crippen LogP contribution >= 0.6 is 0 Å². The highest BCUT2D eigenvalue weighted by molar-refractivity contribution is 6.10. The number of carbonyl (C=O) groups excluding carboxylic acids is 1. The van der Waals surface area contributed by atoms with Crippen molar-refractivity contribution in [3.05, 3.63) is 71.4 Å². The summed E-state index contributed by atoms with van der Waals surface area (Å²) >= 11 is 0. The lowest BCUT2D eigenvalue weighted by Gasteiger charge is -2.39. The standard InChI is InChI=1S/C43H45F2N5O5/c1-43(2,3)55-42(53)49-22-26-19-34(49)39(26)50-28(14-15-35(51)52)21-33-40(50)32-18-25(9-6-16-46)36(30-11-5-8-24-12-13-27(44)20-31(24)30)37(45)38(32)47-41(33)54-23-29-10-7-17-48(29)4/h5,8,11-13,18,20-21,26,29,34,39H,6-7,9-10,14-15,17,19,22-23H2,1-4H3,(H,51,52). The van der Waals surface area contributed by atoms with E-state index in [-0.39, 0.29) is 66.7 Å². The number of rotatable bonds is 10. The molecular weight excluding hydrogens is 704 g/mol. The molecule has 3 aromatic carbocycles. The molecule has 3 saturated heterocycles. The molecular formula is C43H45F2N5O5. The monoisotopic (exact) mass is 749 g/mol. The lowest BCUT2D eigenvalue weighted by molar-refractivity contribution is -0.137. The number of amides is 1. The van der Waals surface area contributed by atoms with Gasteiger partial charge in [-0.05, 0) is 113 Å². The molecule has 1 amide bonds. The maximum absolute atomic E-state index is 17.7. The van der Waals surface area contributed by atoms with Crippen LogP contribution in [0.5, 0.6) is 5.88 Å². The summed E-state index contributed by atoms with van der Waals surface area (Å²) in [6, 6.07) is 15.6. The Balaban J connectivity index is 1.38. The number of ether oxygens (including phenoxy) is 2. The second-order valence-electron chi connectivity index (χ2n) is 16.3. The highest BCUT2D eigenvalue weighted by Gasteiger charge is 2.56. The fourth-order valence-electron chi connectivity index (χ4n) is 9.05. The summed E-state index contributed by atoms with van der Waals surface area (Å²) in [4.78, 5) is 34.3. The fourth-order valence-corrected chi connectivity index (χ4v) is 9.05. The maximum Gasteiger partial charge on any atom is 0.410 e. The van der Waals surface area contributed by atoms with E-state index in [1.54, 1.807) is 23.1 Å². The van der Waals surface area contributed by atoms with Crippen molar-refractivity contribution >= 4 is 44.6 Å². The molecule has 4 fully saturated rings. The first-order valence-corrected chi connectivity index (χ1v) is 19.1. The van der Waals surface area contributed by atoms with Gasteiger partial charge >= 0.3 is 12.1 Å². The molecule has 4 unspecified atom stereocenters. The number of aryl methyl sites for hydroxylation is 2. The summed E-state index contributed by atoms with van der Waals surface area (Å²) in [5.74, 6) is -1.71. The van der Waals surface area contributed by atoms with Crippen molar-refractivity contribution in [2.24, 2.45) is 5.92 Å². The average Bonchev–Trinajstić information content (AvgIpc) is 3.92. The van der Waals surface area contributed by atoms with Crippen molar-refractivity contribution < 1.29 is 33.0 Å². The topological polar surface area (TPSA) is 121 Å². The number of likely N-dealkylation sites (tertiary alicyclic amines) is 1. The minimum Gasteiger partial charge on any atom is -0.481 e. The van der Waals surface area contributed by atoms with E-state index in [2.05, 4.69) is 22.6 Å². The number of hydrogen-bond donors (Lipinski definition) is 1. The highest BCUT2D eigenvalue weighted by atomic mass is 19.1. The molecule has 0 spiro atoms. The first kappa shape index (κ1) is 36.7. The molecule has 12 heteroatoms. The molecule has 5 aromatic rings. The summed E-state index contributed by atoms with van der Waals surface area (Å²) in [5.41, 5.74) is 2.07. The summed E-state index contributed by atoms with van der Waals surface area (Å²) in [6.07, 6.45) is 2.75. The Hall–Kier alpha value is -5.28. The Morgan fingerprint density at radius 3 is 2.62 bits per heavy atom.